The van der Waals surface area contributed by atoms with Crippen molar-refractivity contribution in [3.05, 3.63) is 29.6 Å². The van der Waals surface area contributed by atoms with E-state index in [0.29, 0.717) is 6.61 Å². The van der Waals surface area contributed by atoms with Gasteiger partial charge in [0.25, 0.3) is 0 Å². The predicted molar refractivity (Wildman–Crippen MR) is 70.6 cm³/mol. The number of ether oxygens (including phenoxy) is 1. The molecule has 3 N–H and O–H groups in total. The average molecular weight is 290 g/mol. The van der Waals surface area contributed by atoms with Gasteiger partial charge in [-0.2, -0.15) is 0 Å². The van der Waals surface area contributed by atoms with Crippen molar-refractivity contribution in [1.29, 1.82) is 0 Å². The molecule has 0 fully saturated rings. The van der Waals surface area contributed by atoms with Crippen molar-refractivity contribution in [2.24, 2.45) is 5.73 Å². The summed E-state index contributed by atoms with van der Waals surface area (Å²) < 4.78 is 44.9. The van der Waals surface area contributed by atoms with Crippen molar-refractivity contribution < 1.29 is 17.5 Å². The van der Waals surface area contributed by atoms with E-state index in [4.69, 9.17) is 10.5 Å². The maximum Gasteiger partial charge on any atom is 0.240 e. The fourth-order valence-electron chi connectivity index (χ4n) is 1.53. The largest absolute Gasteiger partial charge is 0.377 e. The van der Waals surface area contributed by atoms with Crippen LogP contribution in [0.2, 0.25) is 0 Å². The molecule has 0 aliphatic carbocycles. The molecule has 1 atom stereocenters. The first-order valence-electron chi connectivity index (χ1n) is 6.00. The van der Waals surface area contributed by atoms with E-state index in [2.05, 4.69) is 4.72 Å². The maximum absolute atomic E-state index is 13.3. The maximum atomic E-state index is 13.3. The molecule has 1 aromatic carbocycles. The minimum absolute atomic E-state index is 0.00181. The van der Waals surface area contributed by atoms with Crippen molar-refractivity contribution in [3.63, 3.8) is 0 Å². The lowest BCUT2D eigenvalue weighted by Crippen LogP contribution is -2.32. The Balaban J connectivity index is 2.83. The summed E-state index contributed by atoms with van der Waals surface area (Å²) in [6, 6.07) is 3.55. The van der Waals surface area contributed by atoms with Crippen LogP contribution in [0.3, 0.4) is 0 Å². The van der Waals surface area contributed by atoms with E-state index < -0.39 is 15.8 Å². The van der Waals surface area contributed by atoms with Crippen molar-refractivity contribution in [1.82, 2.24) is 4.72 Å². The Morgan fingerprint density at radius 1 is 1.47 bits per heavy atom. The van der Waals surface area contributed by atoms with Gasteiger partial charge in [0.05, 0.1) is 11.0 Å². The van der Waals surface area contributed by atoms with Gasteiger partial charge in [-0.1, -0.05) is 0 Å². The zero-order valence-corrected chi connectivity index (χ0v) is 11.8. The van der Waals surface area contributed by atoms with Gasteiger partial charge in [0.2, 0.25) is 10.0 Å². The van der Waals surface area contributed by atoms with Crippen LogP contribution in [0, 0.1) is 5.82 Å². The number of halogens is 1. The number of hydrogen-bond donors (Lipinski definition) is 2. The first-order chi connectivity index (χ1) is 8.90. The van der Waals surface area contributed by atoms with Crippen LogP contribution in [-0.4, -0.2) is 27.7 Å². The molecule has 1 unspecified atom stereocenters. The normalized spacial score (nSPS) is 13.5. The molecule has 1 rings (SSSR count). The van der Waals surface area contributed by atoms with Crippen LogP contribution in [-0.2, 0) is 21.3 Å². The molecule has 0 saturated carbocycles. The molecule has 0 heterocycles. The van der Waals surface area contributed by atoms with Gasteiger partial charge in [-0.15, -0.1) is 0 Å². The second kappa shape index (κ2) is 6.95. The fourth-order valence-corrected chi connectivity index (χ4v) is 2.69. The fraction of sp³-hybridized carbons (Fsp3) is 0.500. The van der Waals surface area contributed by atoms with Gasteiger partial charge in [0, 0.05) is 25.3 Å². The number of sulfonamides is 1. The average Bonchev–Trinajstić information content (AvgIpc) is 2.37. The molecule has 7 heteroatoms. The summed E-state index contributed by atoms with van der Waals surface area (Å²) in [5.74, 6) is -0.510. The predicted octanol–water partition coefficient (Wildman–Crippen LogP) is 0.988. The molecule has 5 nitrogen and oxygen atoms in total. The summed E-state index contributed by atoms with van der Waals surface area (Å²) in [6.07, 6.45) is -0.228. The molecule has 0 saturated heterocycles. The second-order valence-corrected chi connectivity index (χ2v) is 5.84. The molecule has 108 valence electrons. The first kappa shape index (κ1) is 16.0. The highest BCUT2D eigenvalue weighted by Gasteiger charge is 2.16. The lowest BCUT2D eigenvalue weighted by Gasteiger charge is -2.13. The third kappa shape index (κ3) is 4.54. The summed E-state index contributed by atoms with van der Waals surface area (Å²) in [4.78, 5) is -0.00181. The number of benzene rings is 1. The zero-order chi connectivity index (χ0) is 14.5. The van der Waals surface area contributed by atoms with Crippen molar-refractivity contribution >= 4 is 10.0 Å². The minimum Gasteiger partial charge on any atom is -0.377 e. The second-order valence-electron chi connectivity index (χ2n) is 4.08. The highest BCUT2D eigenvalue weighted by molar-refractivity contribution is 7.89. The van der Waals surface area contributed by atoms with Gasteiger partial charge in [-0.05, 0) is 32.0 Å². The Morgan fingerprint density at radius 2 is 2.16 bits per heavy atom. The summed E-state index contributed by atoms with van der Waals surface area (Å²) in [6.45, 7) is 4.22. The molecule has 19 heavy (non-hydrogen) atoms. The number of hydrogen-bond acceptors (Lipinski definition) is 4. The number of rotatable bonds is 7. The lowest BCUT2D eigenvalue weighted by molar-refractivity contribution is 0.0799. The van der Waals surface area contributed by atoms with E-state index in [1.807, 2.05) is 6.92 Å². The Kier molecular flexibility index (Phi) is 5.86. The van der Waals surface area contributed by atoms with E-state index in [0.717, 1.165) is 6.07 Å². The Bertz CT molecular complexity index is 520. The highest BCUT2D eigenvalue weighted by Crippen LogP contribution is 2.14. The monoisotopic (exact) mass is 290 g/mol. The van der Waals surface area contributed by atoms with E-state index in [1.54, 1.807) is 6.92 Å². The third-order valence-electron chi connectivity index (χ3n) is 2.56. The van der Waals surface area contributed by atoms with E-state index >= 15 is 0 Å². The molecule has 0 aliphatic rings. The first-order valence-corrected chi connectivity index (χ1v) is 7.48. The van der Waals surface area contributed by atoms with Crippen molar-refractivity contribution in [2.45, 2.75) is 31.4 Å². The van der Waals surface area contributed by atoms with Gasteiger partial charge < -0.3 is 10.5 Å². The standard InChI is InChI=1S/C12H19FN2O3S/c1-3-18-9(2)8-15-19(16,17)11-4-5-12(13)10(6-11)7-14/h4-6,9,15H,3,7-8,14H2,1-2H3. The van der Waals surface area contributed by atoms with Crippen LogP contribution >= 0.6 is 0 Å². The van der Waals surface area contributed by atoms with Crippen LogP contribution in [0.4, 0.5) is 4.39 Å². The summed E-state index contributed by atoms with van der Waals surface area (Å²) in [7, 11) is -3.68. The summed E-state index contributed by atoms with van der Waals surface area (Å²) in [5, 5.41) is 0. The lowest BCUT2D eigenvalue weighted by atomic mass is 10.2. The van der Waals surface area contributed by atoms with E-state index in [-0.39, 0.29) is 29.7 Å². The Labute approximate surface area is 113 Å². The molecule has 0 radical (unpaired) electrons. The number of nitrogens with one attached hydrogen (secondary N) is 1. The molecule has 1 aromatic rings. The van der Waals surface area contributed by atoms with Crippen LogP contribution in [0.5, 0.6) is 0 Å². The number of nitrogens with two attached hydrogens (primary N) is 1. The SMILES string of the molecule is CCOC(C)CNS(=O)(=O)c1ccc(F)c(CN)c1. The molecular weight excluding hydrogens is 271 g/mol. The van der Waals surface area contributed by atoms with Gasteiger partial charge in [-0.25, -0.2) is 17.5 Å². The smallest absolute Gasteiger partial charge is 0.240 e. The summed E-state index contributed by atoms with van der Waals surface area (Å²) in [5.41, 5.74) is 5.52. The zero-order valence-electron chi connectivity index (χ0n) is 11.0. The molecule has 0 amide bonds. The van der Waals surface area contributed by atoms with E-state index in [9.17, 15) is 12.8 Å². The third-order valence-corrected chi connectivity index (χ3v) is 3.98. The van der Waals surface area contributed by atoms with Gasteiger partial charge in [0.15, 0.2) is 0 Å². The van der Waals surface area contributed by atoms with Crippen LogP contribution < -0.4 is 10.5 Å². The minimum atomic E-state index is -3.68. The Hall–Kier alpha value is -1.02. The molecule has 0 bridgehead atoms. The highest BCUT2D eigenvalue weighted by atomic mass is 32.2. The van der Waals surface area contributed by atoms with Crippen LogP contribution in [0.15, 0.2) is 23.1 Å². The van der Waals surface area contributed by atoms with Crippen LogP contribution in [0.25, 0.3) is 0 Å². The molecule has 0 spiro atoms. The van der Waals surface area contributed by atoms with Gasteiger partial charge in [0.1, 0.15) is 5.82 Å². The quantitative estimate of drug-likeness (QED) is 0.784. The topological polar surface area (TPSA) is 81.4 Å². The van der Waals surface area contributed by atoms with Crippen LogP contribution in [0.1, 0.15) is 19.4 Å². The van der Waals surface area contributed by atoms with Crippen molar-refractivity contribution in [2.75, 3.05) is 13.2 Å². The van der Waals surface area contributed by atoms with Gasteiger partial charge >= 0.3 is 0 Å². The van der Waals surface area contributed by atoms with Crippen molar-refractivity contribution in [3.8, 4) is 0 Å². The summed E-state index contributed by atoms with van der Waals surface area (Å²) >= 11 is 0. The molecule has 0 aromatic heterocycles. The Morgan fingerprint density at radius 3 is 2.74 bits per heavy atom. The van der Waals surface area contributed by atoms with Gasteiger partial charge in [-0.3, -0.25) is 0 Å². The molecular formula is C12H19FN2O3S. The molecule has 0 aliphatic heterocycles. The van der Waals surface area contributed by atoms with E-state index in [1.165, 1.54) is 12.1 Å².